The fourth-order valence-electron chi connectivity index (χ4n) is 3.57. The molecule has 0 fully saturated rings. The molecule has 0 radical (unpaired) electrons. The molecule has 1 aromatic heterocycles. The number of nitrogens with zero attached hydrogens (tertiary/aromatic N) is 2. The van der Waals surface area contributed by atoms with E-state index in [1.165, 1.54) is 22.2 Å². The Morgan fingerprint density at radius 3 is 2.50 bits per heavy atom. The molecule has 0 unspecified atom stereocenters. The Hall–Kier alpha value is -3.07. The summed E-state index contributed by atoms with van der Waals surface area (Å²) in [7, 11) is 0. The van der Waals surface area contributed by atoms with Crippen molar-refractivity contribution in [3.63, 3.8) is 0 Å². The van der Waals surface area contributed by atoms with Crippen LogP contribution in [0.15, 0.2) is 72.8 Å². The van der Waals surface area contributed by atoms with E-state index < -0.39 is 0 Å². The predicted molar refractivity (Wildman–Crippen MR) is 115 cm³/mol. The Bertz CT molecular complexity index is 1070. The van der Waals surface area contributed by atoms with E-state index in [9.17, 15) is 0 Å². The second-order valence-electron chi connectivity index (χ2n) is 7.23. The predicted octanol–water partition coefficient (Wildman–Crippen LogP) is 5.71. The first-order valence-electron chi connectivity index (χ1n) is 9.89. The molecule has 1 heterocycles. The summed E-state index contributed by atoms with van der Waals surface area (Å²) in [4.78, 5) is 4.89. The van der Waals surface area contributed by atoms with Crippen LogP contribution in [0, 0.1) is 13.8 Å². The summed E-state index contributed by atoms with van der Waals surface area (Å²) in [6.07, 6.45) is 1.78. The Morgan fingerprint density at radius 1 is 0.857 bits per heavy atom. The fraction of sp³-hybridized carbons (Fsp3) is 0.240. The third-order valence-corrected chi connectivity index (χ3v) is 5.28. The topological polar surface area (TPSA) is 27.1 Å². The first-order valence-corrected chi connectivity index (χ1v) is 9.89. The summed E-state index contributed by atoms with van der Waals surface area (Å²) >= 11 is 0. The maximum atomic E-state index is 6.05. The van der Waals surface area contributed by atoms with Gasteiger partial charge in [0.1, 0.15) is 11.6 Å². The molecule has 3 nitrogen and oxygen atoms in total. The van der Waals surface area contributed by atoms with Gasteiger partial charge in [-0.1, -0.05) is 54.6 Å². The minimum absolute atomic E-state index is 0.696. The summed E-state index contributed by atoms with van der Waals surface area (Å²) in [6, 6.07) is 25.1. The third kappa shape index (κ3) is 3.94. The molecule has 3 aromatic carbocycles. The SMILES string of the molecule is Cc1cccc(OCCCn2c(Cc3ccccc3)nc3ccccc32)c1C. The van der Waals surface area contributed by atoms with Crippen molar-refractivity contribution in [1.82, 2.24) is 9.55 Å². The van der Waals surface area contributed by atoms with E-state index in [1.807, 2.05) is 0 Å². The Morgan fingerprint density at radius 2 is 1.64 bits per heavy atom. The van der Waals surface area contributed by atoms with Gasteiger partial charge in [0.2, 0.25) is 0 Å². The number of rotatable bonds is 7. The quantitative estimate of drug-likeness (QED) is 0.389. The number of aromatic nitrogens is 2. The van der Waals surface area contributed by atoms with Crippen LogP contribution in [-0.4, -0.2) is 16.2 Å². The van der Waals surface area contributed by atoms with Gasteiger partial charge < -0.3 is 9.30 Å². The van der Waals surface area contributed by atoms with Gasteiger partial charge in [-0.15, -0.1) is 0 Å². The molecule has 0 atom stereocenters. The zero-order valence-electron chi connectivity index (χ0n) is 16.6. The summed E-state index contributed by atoms with van der Waals surface area (Å²) in [5, 5.41) is 0. The number of benzene rings is 3. The lowest BCUT2D eigenvalue weighted by Gasteiger charge is -2.13. The van der Waals surface area contributed by atoms with E-state index in [4.69, 9.17) is 9.72 Å². The van der Waals surface area contributed by atoms with Crippen molar-refractivity contribution < 1.29 is 4.74 Å². The van der Waals surface area contributed by atoms with Crippen LogP contribution in [-0.2, 0) is 13.0 Å². The average Bonchev–Trinajstić information content (AvgIpc) is 3.06. The van der Waals surface area contributed by atoms with Crippen molar-refractivity contribution in [2.45, 2.75) is 33.2 Å². The largest absolute Gasteiger partial charge is 0.493 e. The van der Waals surface area contributed by atoms with Crippen molar-refractivity contribution in [2.75, 3.05) is 6.61 Å². The normalized spacial score (nSPS) is 11.1. The molecule has 0 aliphatic rings. The highest BCUT2D eigenvalue weighted by molar-refractivity contribution is 5.76. The minimum Gasteiger partial charge on any atom is -0.493 e. The van der Waals surface area contributed by atoms with Crippen LogP contribution in [0.1, 0.15) is 28.9 Å². The maximum Gasteiger partial charge on any atom is 0.122 e. The monoisotopic (exact) mass is 370 g/mol. The lowest BCUT2D eigenvalue weighted by Crippen LogP contribution is -2.09. The van der Waals surface area contributed by atoms with Gasteiger partial charge in [-0.25, -0.2) is 4.98 Å². The summed E-state index contributed by atoms with van der Waals surface area (Å²) in [5.74, 6) is 2.10. The molecule has 0 aliphatic carbocycles. The summed E-state index contributed by atoms with van der Waals surface area (Å²) in [5.41, 5.74) is 6.03. The molecule has 0 spiro atoms. The van der Waals surface area contributed by atoms with Crippen molar-refractivity contribution in [3.05, 3.63) is 95.3 Å². The molecule has 142 valence electrons. The number of imidazole rings is 1. The number of aryl methyl sites for hydroxylation is 2. The number of hydrogen-bond acceptors (Lipinski definition) is 2. The average molecular weight is 370 g/mol. The fourth-order valence-corrected chi connectivity index (χ4v) is 3.57. The van der Waals surface area contributed by atoms with E-state index in [2.05, 4.69) is 91.2 Å². The van der Waals surface area contributed by atoms with Crippen LogP contribution < -0.4 is 4.74 Å². The molecular weight excluding hydrogens is 344 g/mol. The van der Waals surface area contributed by atoms with Gasteiger partial charge in [0.15, 0.2) is 0 Å². The molecule has 4 rings (SSSR count). The number of hydrogen-bond donors (Lipinski definition) is 0. The van der Waals surface area contributed by atoms with Crippen LogP contribution in [0.4, 0.5) is 0 Å². The first kappa shape index (κ1) is 18.3. The zero-order chi connectivity index (χ0) is 19.3. The number of fused-ring (bicyclic) bond motifs is 1. The number of ether oxygens (including phenoxy) is 1. The molecule has 0 N–H and O–H groups in total. The van der Waals surface area contributed by atoms with Crippen molar-refractivity contribution in [3.8, 4) is 5.75 Å². The smallest absolute Gasteiger partial charge is 0.122 e. The van der Waals surface area contributed by atoms with Crippen LogP contribution in [0.2, 0.25) is 0 Å². The zero-order valence-corrected chi connectivity index (χ0v) is 16.6. The highest BCUT2D eigenvalue weighted by atomic mass is 16.5. The van der Waals surface area contributed by atoms with Gasteiger partial charge in [0.25, 0.3) is 0 Å². The van der Waals surface area contributed by atoms with Gasteiger partial charge in [-0.3, -0.25) is 0 Å². The van der Waals surface area contributed by atoms with Crippen molar-refractivity contribution >= 4 is 11.0 Å². The van der Waals surface area contributed by atoms with Gasteiger partial charge >= 0.3 is 0 Å². The van der Waals surface area contributed by atoms with Crippen LogP contribution in [0.25, 0.3) is 11.0 Å². The van der Waals surface area contributed by atoms with Gasteiger partial charge in [-0.2, -0.15) is 0 Å². The van der Waals surface area contributed by atoms with E-state index in [0.717, 1.165) is 36.5 Å². The van der Waals surface area contributed by atoms with Crippen molar-refractivity contribution in [2.24, 2.45) is 0 Å². The summed E-state index contributed by atoms with van der Waals surface area (Å²) in [6.45, 7) is 5.83. The molecular formula is C25H26N2O. The van der Waals surface area contributed by atoms with E-state index >= 15 is 0 Å². The Labute approximate surface area is 166 Å². The molecule has 28 heavy (non-hydrogen) atoms. The van der Waals surface area contributed by atoms with Crippen LogP contribution >= 0.6 is 0 Å². The lowest BCUT2D eigenvalue weighted by molar-refractivity contribution is 0.300. The molecule has 4 aromatic rings. The maximum absolute atomic E-state index is 6.05. The van der Waals surface area contributed by atoms with E-state index in [1.54, 1.807) is 0 Å². The Kier molecular flexibility index (Phi) is 5.43. The van der Waals surface area contributed by atoms with Gasteiger partial charge in [-0.05, 0) is 55.2 Å². The highest BCUT2D eigenvalue weighted by Gasteiger charge is 2.11. The van der Waals surface area contributed by atoms with Crippen LogP contribution in [0.3, 0.4) is 0 Å². The van der Waals surface area contributed by atoms with Crippen LogP contribution in [0.5, 0.6) is 5.75 Å². The Balaban J connectivity index is 1.49. The molecule has 0 saturated heterocycles. The summed E-state index contributed by atoms with van der Waals surface area (Å²) < 4.78 is 8.39. The molecule has 0 bridgehead atoms. The molecule has 0 aliphatic heterocycles. The molecule has 0 amide bonds. The first-order chi connectivity index (χ1) is 13.7. The highest BCUT2D eigenvalue weighted by Crippen LogP contribution is 2.22. The van der Waals surface area contributed by atoms with Gasteiger partial charge in [0, 0.05) is 13.0 Å². The van der Waals surface area contributed by atoms with Crippen molar-refractivity contribution in [1.29, 1.82) is 0 Å². The third-order valence-electron chi connectivity index (χ3n) is 5.28. The molecule has 3 heteroatoms. The lowest BCUT2D eigenvalue weighted by atomic mass is 10.1. The van der Waals surface area contributed by atoms with E-state index in [-0.39, 0.29) is 0 Å². The standard InChI is InChI=1S/C25H26N2O/c1-19-10-8-15-24(20(19)2)28-17-9-16-27-23-14-7-6-13-22(23)26-25(27)18-21-11-4-3-5-12-21/h3-8,10-15H,9,16-18H2,1-2H3. The van der Waals surface area contributed by atoms with E-state index in [0.29, 0.717) is 6.61 Å². The van der Waals surface area contributed by atoms with Gasteiger partial charge in [0.05, 0.1) is 17.6 Å². The number of para-hydroxylation sites is 2. The second kappa shape index (κ2) is 8.30. The minimum atomic E-state index is 0.696. The molecule has 0 saturated carbocycles. The second-order valence-corrected chi connectivity index (χ2v) is 7.23.